The number of nitrogens with one attached hydrogen (secondary N) is 1. The van der Waals surface area contributed by atoms with Crippen LogP contribution in [0.3, 0.4) is 0 Å². The van der Waals surface area contributed by atoms with E-state index in [0.29, 0.717) is 0 Å². The van der Waals surface area contributed by atoms with E-state index in [1.807, 2.05) is 0 Å². The Morgan fingerprint density at radius 2 is 1.89 bits per heavy atom. The summed E-state index contributed by atoms with van der Waals surface area (Å²) in [7, 11) is 0. The van der Waals surface area contributed by atoms with E-state index in [2.05, 4.69) is 35.1 Å². The fraction of sp³-hybridized carbons (Fsp3) is 0.625. The predicted octanol–water partition coefficient (Wildman–Crippen LogP) is 5.28. The van der Waals surface area contributed by atoms with Crippen LogP contribution in [0, 0.1) is 11.7 Å². The lowest BCUT2D eigenvalue weighted by Crippen LogP contribution is -2.15. The zero-order valence-electron chi connectivity index (χ0n) is 12.0. The molecule has 1 aromatic carbocycles. The van der Waals surface area contributed by atoms with Gasteiger partial charge in [-0.15, -0.1) is 0 Å². The highest BCUT2D eigenvalue weighted by atomic mass is 79.9. The quantitative estimate of drug-likeness (QED) is 0.607. The number of benzene rings is 1. The Kier molecular flexibility index (Phi) is 8.31. The van der Waals surface area contributed by atoms with Crippen LogP contribution in [-0.4, -0.2) is 6.54 Å². The molecule has 0 spiro atoms. The molecule has 0 aromatic heterocycles. The van der Waals surface area contributed by atoms with E-state index in [9.17, 15) is 4.39 Å². The monoisotopic (exact) mass is 329 g/mol. The van der Waals surface area contributed by atoms with E-state index < -0.39 is 0 Å². The van der Waals surface area contributed by atoms with Gasteiger partial charge < -0.3 is 5.32 Å². The topological polar surface area (TPSA) is 12.0 Å². The number of hydrogen-bond acceptors (Lipinski definition) is 1. The van der Waals surface area contributed by atoms with Gasteiger partial charge in [0.2, 0.25) is 0 Å². The minimum absolute atomic E-state index is 0.173. The zero-order valence-corrected chi connectivity index (χ0v) is 13.6. The second-order valence-electron chi connectivity index (χ2n) is 5.51. The molecular weight excluding hydrogens is 305 g/mol. The lowest BCUT2D eigenvalue weighted by Gasteiger charge is -2.07. The Hall–Kier alpha value is -0.410. The zero-order chi connectivity index (χ0) is 14.1. The fourth-order valence-corrected chi connectivity index (χ4v) is 2.44. The molecule has 0 radical (unpaired) electrons. The predicted molar refractivity (Wildman–Crippen MR) is 83.7 cm³/mol. The van der Waals surface area contributed by atoms with E-state index in [-0.39, 0.29) is 5.82 Å². The van der Waals surface area contributed by atoms with Crippen molar-refractivity contribution in [1.29, 1.82) is 0 Å². The van der Waals surface area contributed by atoms with Crippen LogP contribution in [0.5, 0.6) is 0 Å². The maximum Gasteiger partial charge on any atom is 0.123 e. The van der Waals surface area contributed by atoms with Crippen molar-refractivity contribution in [3.8, 4) is 0 Å². The van der Waals surface area contributed by atoms with Gasteiger partial charge in [0, 0.05) is 11.0 Å². The Morgan fingerprint density at radius 3 is 2.63 bits per heavy atom. The summed E-state index contributed by atoms with van der Waals surface area (Å²) in [5.41, 5.74) is 0.986. The summed E-state index contributed by atoms with van der Waals surface area (Å²) in [6.45, 7) is 6.28. The summed E-state index contributed by atoms with van der Waals surface area (Å²) >= 11 is 3.44. The summed E-state index contributed by atoms with van der Waals surface area (Å²) in [5, 5.41) is 3.37. The van der Waals surface area contributed by atoms with Crippen LogP contribution in [-0.2, 0) is 6.54 Å². The Bertz CT molecular complexity index is 366. The second kappa shape index (κ2) is 9.49. The van der Waals surface area contributed by atoms with Crippen LogP contribution >= 0.6 is 15.9 Å². The molecule has 0 fully saturated rings. The third-order valence-corrected chi connectivity index (χ3v) is 3.98. The van der Waals surface area contributed by atoms with Crippen LogP contribution < -0.4 is 5.32 Å². The molecule has 1 rings (SSSR count). The van der Waals surface area contributed by atoms with Crippen LogP contribution in [0.15, 0.2) is 22.7 Å². The average molecular weight is 330 g/mol. The van der Waals surface area contributed by atoms with Gasteiger partial charge in [-0.2, -0.15) is 0 Å². The summed E-state index contributed by atoms with van der Waals surface area (Å²) in [6.07, 6.45) is 6.48. The van der Waals surface area contributed by atoms with Gasteiger partial charge in [0.15, 0.2) is 0 Å². The van der Waals surface area contributed by atoms with E-state index in [1.54, 1.807) is 12.1 Å². The van der Waals surface area contributed by atoms with Crippen molar-refractivity contribution >= 4 is 15.9 Å². The van der Waals surface area contributed by atoms with Crippen LogP contribution in [0.1, 0.15) is 51.5 Å². The number of unbranched alkanes of at least 4 members (excludes halogenated alkanes) is 3. The van der Waals surface area contributed by atoms with Crippen molar-refractivity contribution < 1.29 is 4.39 Å². The molecule has 0 atom stereocenters. The average Bonchev–Trinajstić information content (AvgIpc) is 2.36. The van der Waals surface area contributed by atoms with Gasteiger partial charge >= 0.3 is 0 Å². The van der Waals surface area contributed by atoms with E-state index in [4.69, 9.17) is 0 Å². The molecule has 1 N–H and O–H groups in total. The van der Waals surface area contributed by atoms with Crippen molar-refractivity contribution in [2.24, 2.45) is 5.92 Å². The molecule has 0 saturated heterocycles. The van der Waals surface area contributed by atoms with E-state index >= 15 is 0 Å². The summed E-state index contributed by atoms with van der Waals surface area (Å²) in [4.78, 5) is 0. The lowest BCUT2D eigenvalue weighted by molar-refractivity contribution is 0.512. The van der Waals surface area contributed by atoms with Gasteiger partial charge in [-0.3, -0.25) is 0 Å². The molecule has 1 nitrogen and oxygen atoms in total. The van der Waals surface area contributed by atoms with Crippen molar-refractivity contribution in [2.45, 2.75) is 52.5 Å². The smallest absolute Gasteiger partial charge is 0.123 e. The first-order valence-corrected chi connectivity index (χ1v) is 8.03. The van der Waals surface area contributed by atoms with E-state index in [1.165, 1.54) is 38.2 Å². The van der Waals surface area contributed by atoms with Gasteiger partial charge in [0.1, 0.15) is 5.82 Å². The number of hydrogen-bond donors (Lipinski definition) is 1. The fourth-order valence-electron chi connectivity index (χ4n) is 2.06. The minimum atomic E-state index is -0.173. The SMILES string of the molecule is CC(C)CCCCCCNCc1cc(F)ccc1Br. The van der Waals surface area contributed by atoms with E-state index in [0.717, 1.165) is 29.0 Å². The van der Waals surface area contributed by atoms with Gasteiger partial charge in [0.05, 0.1) is 0 Å². The number of rotatable bonds is 9. The largest absolute Gasteiger partial charge is 0.313 e. The van der Waals surface area contributed by atoms with Gasteiger partial charge in [-0.05, 0) is 42.6 Å². The molecule has 0 aliphatic heterocycles. The van der Waals surface area contributed by atoms with Crippen molar-refractivity contribution in [2.75, 3.05) is 6.54 Å². The first-order valence-electron chi connectivity index (χ1n) is 7.24. The van der Waals surface area contributed by atoms with Gasteiger partial charge in [0.25, 0.3) is 0 Å². The number of halogens is 2. The molecule has 19 heavy (non-hydrogen) atoms. The molecule has 0 saturated carbocycles. The van der Waals surface area contributed by atoms with Crippen molar-refractivity contribution in [1.82, 2.24) is 5.32 Å². The molecule has 0 aliphatic rings. The van der Waals surface area contributed by atoms with Crippen molar-refractivity contribution in [3.63, 3.8) is 0 Å². The molecule has 0 unspecified atom stereocenters. The molecule has 1 aromatic rings. The molecule has 0 heterocycles. The maximum absolute atomic E-state index is 13.1. The second-order valence-corrected chi connectivity index (χ2v) is 6.36. The lowest BCUT2D eigenvalue weighted by atomic mass is 10.0. The third kappa shape index (κ3) is 7.68. The van der Waals surface area contributed by atoms with Gasteiger partial charge in [-0.25, -0.2) is 4.39 Å². The van der Waals surface area contributed by atoms with Crippen LogP contribution in [0.2, 0.25) is 0 Å². The third-order valence-electron chi connectivity index (χ3n) is 3.21. The highest BCUT2D eigenvalue weighted by Gasteiger charge is 2.01. The molecule has 0 bridgehead atoms. The Morgan fingerprint density at radius 1 is 1.16 bits per heavy atom. The van der Waals surface area contributed by atoms with Gasteiger partial charge in [-0.1, -0.05) is 55.5 Å². The molecular formula is C16H25BrFN. The molecule has 3 heteroatoms. The summed E-state index contributed by atoms with van der Waals surface area (Å²) in [6, 6.07) is 4.82. The first kappa shape index (κ1) is 16.6. The summed E-state index contributed by atoms with van der Waals surface area (Å²) < 4.78 is 14.0. The normalized spacial score (nSPS) is 11.2. The summed E-state index contributed by atoms with van der Waals surface area (Å²) in [5.74, 6) is 0.650. The standard InChI is InChI=1S/C16H25BrFN/c1-13(2)7-5-3-4-6-10-19-12-14-11-15(18)8-9-16(14)17/h8-9,11,13,19H,3-7,10,12H2,1-2H3. The van der Waals surface area contributed by atoms with Crippen LogP contribution in [0.4, 0.5) is 4.39 Å². The van der Waals surface area contributed by atoms with Crippen molar-refractivity contribution in [3.05, 3.63) is 34.1 Å². The molecule has 0 aliphatic carbocycles. The Balaban J connectivity index is 2.06. The first-order chi connectivity index (χ1) is 9.09. The highest BCUT2D eigenvalue weighted by Crippen LogP contribution is 2.17. The molecule has 0 amide bonds. The highest BCUT2D eigenvalue weighted by molar-refractivity contribution is 9.10. The minimum Gasteiger partial charge on any atom is -0.313 e. The molecule has 108 valence electrons. The Labute approximate surface area is 125 Å². The maximum atomic E-state index is 13.1. The van der Waals surface area contributed by atoms with Crippen LogP contribution in [0.25, 0.3) is 0 Å².